The molecule has 0 aliphatic rings. The molecule has 0 atom stereocenters. The predicted octanol–water partition coefficient (Wildman–Crippen LogP) is 2.57. The Balaban J connectivity index is 3.19. The molecular weight excluding hydrogens is 335 g/mol. The van der Waals surface area contributed by atoms with E-state index < -0.39 is 15.8 Å². The Hall–Kier alpha value is -0.340. The van der Waals surface area contributed by atoms with E-state index >= 15 is 0 Å². The van der Waals surface area contributed by atoms with Gasteiger partial charge in [0.25, 0.3) is 0 Å². The summed E-state index contributed by atoms with van der Waals surface area (Å²) in [6.45, 7) is 3.09. The molecule has 0 spiro atoms. The zero-order chi connectivity index (χ0) is 16.0. The minimum Gasteiger partial charge on any atom is -0.313 e. The molecule has 0 aromatic heterocycles. The number of nitrogens with zero attached hydrogens (tertiary/aromatic N) is 1. The average molecular weight is 355 g/mol. The molecule has 0 aliphatic carbocycles. The first-order chi connectivity index (χ1) is 9.84. The molecule has 0 saturated heterocycles. The van der Waals surface area contributed by atoms with Gasteiger partial charge < -0.3 is 5.32 Å². The highest BCUT2D eigenvalue weighted by molar-refractivity contribution is 7.98. The van der Waals surface area contributed by atoms with Crippen LogP contribution in [0.2, 0.25) is 5.02 Å². The second kappa shape index (κ2) is 8.33. The van der Waals surface area contributed by atoms with Gasteiger partial charge in [-0.1, -0.05) is 18.5 Å². The molecule has 0 aliphatic heterocycles. The lowest BCUT2D eigenvalue weighted by atomic mass is 10.2. The fraction of sp³-hybridized carbons (Fsp3) is 0.538. The number of rotatable bonds is 8. The van der Waals surface area contributed by atoms with Crippen molar-refractivity contribution in [3.8, 4) is 0 Å². The largest absolute Gasteiger partial charge is 0.313 e. The molecule has 0 fully saturated rings. The van der Waals surface area contributed by atoms with Crippen LogP contribution in [0.3, 0.4) is 0 Å². The summed E-state index contributed by atoms with van der Waals surface area (Å²) in [6, 6.07) is 2.61. The van der Waals surface area contributed by atoms with Crippen LogP contribution >= 0.6 is 23.4 Å². The van der Waals surface area contributed by atoms with Crippen LogP contribution in [-0.2, 0) is 16.6 Å². The van der Waals surface area contributed by atoms with E-state index in [1.165, 1.54) is 24.9 Å². The van der Waals surface area contributed by atoms with E-state index in [4.69, 9.17) is 11.6 Å². The third-order valence-electron chi connectivity index (χ3n) is 2.94. The van der Waals surface area contributed by atoms with E-state index in [1.807, 2.05) is 13.2 Å². The normalized spacial score (nSPS) is 12.1. The summed E-state index contributed by atoms with van der Waals surface area (Å²) in [4.78, 5) is -0.369. The van der Waals surface area contributed by atoms with Gasteiger partial charge in [0.1, 0.15) is 10.7 Å². The molecule has 1 aromatic carbocycles. The SMILES string of the molecule is CCNCc1cc(Cl)cc(S(=O)(=O)N(C)CCSC)c1F. The van der Waals surface area contributed by atoms with Gasteiger partial charge in [-0.25, -0.2) is 17.1 Å². The van der Waals surface area contributed by atoms with Crippen LogP contribution in [0.1, 0.15) is 12.5 Å². The molecule has 0 amide bonds. The number of hydrogen-bond donors (Lipinski definition) is 1. The van der Waals surface area contributed by atoms with Crippen LogP contribution in [0, 0.1) is 5.82 Å². The first-order valence-electron chi connectivity index (χ1n) is 6.48. The topological polar surface area (TPSA) is 49.4 Å². The van der Waals surface area contributed by atoms with Gasteiger partial charge in [0, 0.05) is 36.5 Å². The van der Waals surface area contributed by atoms with Crippen LogP contribution in [0.4, 0.5) is 4.39 Å². The van der Waals surface area contributed by atoms with Crippen LogP contribution in [-0.4, -0.2) is 44.9 Å². The Morgan fingerprint density at radius 1 is 1.43 bits per heavy atom. The summed E-state index contributed by atoms with van der Waals surface area (Å²) in [7, 11) is -2.44. The molecule has 1 N–H and O–H groups in total. The van der Waals surface area contributed by atoms with Gasteiger partial charge in [0.15, 0.2) is 0 Å². The number of benzene rings is 1. The zero-order valence-electron chi connectivity index (χ0n) is 12.3. The molecule has 4 nitrogen and oxygen atoms in total. The first kappa shape index (κ1) is 18.7. The average Bonchev–Trinajstić information content (AvgIpc) is 2.44. The quantitative estimate of drug-likeness (QED) is 0.779. The van der Waals surface area contributed by atoms with E-state index in [2.05, 4.69) is 5.32 Å². The third kappa shape index (κ3) is 4.82. The van der Waals surface area contributed by atoms with Gasteiger partial charge in [-0.15, -0.1) is 0 Å². The van der Waals surface area contributed by atoms with E-state index in [0.717, 1.165) is 10.4 Å². The van der Waals surface area contributed by atoms with Crippen LogP contribution in [0.15, 0.2) is 17.0 Å². The second-order valence-corrected chi connectivity index (χ2v) is 7.91. The molecule has 1 rings (SSSR count). The van der Waals surface area contributed by atoms with Gasteiger partial charge in [0.2, 0.25) is 10.0 Å². The van der Waals surface area contributed by atoms with Gasteiger partial charge in [0.05, 0.1) is 0 Å². The summed E-state index contributed by atoms with van der Waals surface area (Å²) in [5.74, 6) is -0.0985. The van der Waals surface area contributed by atoms with Crippen molar-refractivity contribution in [3.63, 3.8) is 0 Å². The van der Waals surface area contributed by atoms with Crippen LogP contribution in [0.25, 0.3) is 0 Å². The number of hydrogen-bond acceptors (Lipinski definition) is 4. The zero-order valence-corrected chi connectivity index (χ0v) is 14.7. The van der Waals surface area contributed by atoms with Crippen LogP contribution in [0.5, 0.6) is 0 Å². The van der Waals surface area contributed by atoms with E-state index in [0.29, 0.717) is 18.8 Å². The van der Waals surface area contributed by atoms with Crippen molar-refractivity contribution < 1.29 is 12.8 Å². The van der Waals surface area contributed by atoms with Crippen molar-refractivity contribution in [2.24, 2.45) is 0 Å². The maximum atomic E-state index is 14.4. The Morgan fingerprint density at radius 2 is 2.10 bits per heavy atom. The fourth-order valence-electron chi connectivity index (χ4n) is 1.70. The molecule has 0 bridgehead atoms. The smallest absolute Gasteiger partial charge is 0.245 e. The number of thioether (sulfide) groups is 1. The molecule has 0 radical (unpaired) electrons. The molecule has 0 saturated carbocycles. The second-order valence-electron chi connectivity index (χ2n) is 4.48. The minimum atomic E-state index is -3.88. The summed E-state index contributed by atoms with van der Waals surface area (Å²) < 4.78 is 40.5. The predicted molar refractivity (Wildman–Crippen MR) is 87.0 cm³/mol. The first-order valence-corrected chi connectivity index (χ1v) is 9.69. The summed E-state index contributed by atoms with van der Waals surface area (Å²) >= 11 is 7.46. The highest BCUT2D eigenvalue weighted by atomic mass is 35.5. The molecular formula is C13H20ClFN2O2S2. The third-order valence-corrected chi connectivity index (χ3v) is 5.61. The standard InChI is InChI=1S/C13H20ClFN2O2S2/c1-4-16-9-10-7-11(14)8-12(13(10)15)21(18,19)17(2)5-6-20-3/h7-8,16H,4-6,9H2,1-3H3. The van der Waals surface area contributed by atoms with Crippen molar-refractivity contribution in [1.29, 1.82) is 0 Å². The fourth-order valence-corrected chi connectivity index (χ4v) is 3.88. The van der Waals surface area contributed by atoms with Gasteiger partial charge in [-0.3, -0.25) is 0 Å². The van der Waals surface area contributed by atoms with Crippen molar-refractivity contribution in [2.45, 2.75) is 18.4 Å². The van der Waals surface area contributed by atoms with Crippen LogP contribution < -0.4 is 5.32 Å². The highest BCUT2D eigenvalue weighted by Gasteiger charge is 2.26. The Labute approximate surface area is 135 Å². The van der Waals surface area contributed by atoms with Crippen molar-refractivity contribution in [2.75, 3.05) is 32.1 Å². The molecule has 0 heterocycles. The number of nitrogens with one attached hydrogen (secondary N) is 1. The van der Waals surface area contributed by atoms with Gasteiger partial charge >= 0.3 is 0 Å². The van der Waals surface area contributed by atoms with Gasteiger partial charge in [-0.05, 0) is 24.9 Å². The minimum absolute atomic E-state index is 0.209. The molecule has 0 unspecified atom stereocenters. The Morgan fingerprint density at radius 3 is 2.67 bits per heavy atom. The molecule has 120 valence electrons. The Kier molecular flexibility index (Phi) is 7.42. The lowest BCUT2D eigenvalue weighted by molar-refractivity contribution is 0.477. The summed E-state index contributed by atoms with van der Waals surface area (Å²) in [5, 5.41) is 3.17. The van der Waals surface area contributed by atoms with E-state index in [9.17, 15) is 12.8 Å². The van der Waals surface area contributed by atoms with Crippen molar-refractivity contribution in [3.05, 3.63) is 28.5 Å². The monoisotopic (exact) mass is 354 g/mol. The summed E-state index contributed by atoms with van der Waals surface area (Å²) in [6.07, 6.45) is 1.88. The molecule has 8 heteroatoms. The maximum Gasteiger partial charge on any atom is 0.245 e. The van der Waals surface area contributed by atoms with Crippen molar-refractivity contribution >= 4 is 33.4 Å². The van der Waals surface area contributed by atoms with E-state index in [1.54, 1.807) is 0 Å². The highest BCUT2D eigenvalue weighted by Crippen LogP contribution is 2.26. The van der Waals surface area contributed by atoms with Gasteiger partial charge in [-0.2, -0.15) is 11.8 Å². The number of sulfonamides is 1. The Bertz CT molecular complexity index is 582. The molecule has 1 aromatic rings. The van der Waals surface area contributed by atoms with E-state index in [-0.39, 0.29) is 22.0 Å². The van der Waals surface area contributed by atoms with Crippen molar-refractivity contribution in [1.82, 2.24) is 9.62 Å². The lowest BCUT2D eigenvalue weighted by Gasteiger charge is -2.18. The maximum absolute atomic E-state index is 14.4. The molecule has 21 heavy (non-hydrogen) atoms. The lowest BCUT2D eigenvalue weighted by Crippen LogP contribution is -2.30. The summed E-state index contributed by atoms with van der Waals surface area (Å²) in [5.41, 5.74) is 0.251. The number of halogens is 2.